The van der Waals surface area contributed by atoms with Crippen LogP contribution in [0.5, 0.6) is 0 Å². The van der Waals surface area contributed by atoms with Crippen molar-refractivity contribution in [3.63, 3.8) is 0 Å². The van der Waals surface area contributed by atoms with Gasteiger partial charge in [0.25, 0.3) is 0 Å². The van der Waals surface area contributed by atoms with Gasteiger partial charge in [-0.15, -0.1) is 0 Å². The van der Waals surface area contributed by atoms with E-state index in [-0.39, 0.29) is 5.25 Å². The molecule has 0 bridgehead atoms. The highest BCUT2D eigenvalue weighted by molar-refractivity contribution is 7.92. The van der Waals surface area contributed by atoms with Crippen LogP contribution in [0, 0.1) is 11.3 Å². The van der Waals surface area contributed by atoms with Gasteiger partial charge in [-0.3, -0.25) is 0 Å². The molecule has 0 radical (unpaired) electrons. The molecule has 1 saturated carbocycles. The van der Waals surface area contributed by atoms with Crippen molar-refractivity contribution < 1.29 is 8.42 Å². The van der Waals surface area contributed by atoms with Gasteiger partial charge in [-0.25, -0.2) is 8.42 Å². The Balaban J connectivity index is 1.80. The average Bonchev–Trinajstić information content (AvgIpc) is 2.55. The van der Waals surface area contributed by atoms with Crippen molar-refractivity contribution in [2.45, 2.75) is 77.0 Å². The molecule has 1 aliphatic heterocycles. The first-order valence-corrected chi connectivity index (χ1v) is 9.95. The summed E-state index contributed by atoms with van der Waals surface area (Å²) in [5.74, 6) is 1.21. The summed E-state index contributed by atoms with van der Waals surface area (Å²) in [6.45, 7) is 7.71. The van der Waals surface area contributed by atoms with Gasteiger partial charge in [0.15, 0.2) is 9.84 Å². The largest absolute Gasteiger partial charge is 0.313 e. The van der Waals surface area contributed by atoms with Crippen LogP contribution in [0.25, 0.3) is 0 Å². The van der Waals surface area contributed by atoms with Crippen molar-refractivity contribution in [3.05, 3.63) is 0 Å². The lowest BCUT2D eigenvalue weighted by Crippen LogP contribution is -2.37. The van der Waals surface area contributed by atoms with Gasteiger partial charge in [0.05, 0.1) is 11.0 Å². The maximum atomic E-state index is 11.8. The first kappa shape index (κ1) is 16.3. The standard InChI is InChI=1S/C16H31NO2S/c1-16(2,3)13-6-4-7-14(10-9-13)17-12-15-8-5-11-20(15,18)19/h13-15,17H,4-12H2,1-3H3. The lowest BCUT2D eigenvalue weighted by atomic mass is 9.76. The van der Waals surface area contributed by atoms with Gasteiger partial charge in [0.1, 0.15) is 0 Å². The number of nitrogens with one attached hydrogen (secondary N) is 1. The third-order valence-electron chi connectivity index (χ3n) is 5.29. The molecule has 0 aromatic heterocycles. The van der Waals surface area contributed by atoms with E-state index in [1.807, 2.05) is 0 Å². The maximum absolute atomic E-state index is 11.8. The van der Waals surface area contributed by atoms with Crippen LogP contribution in [0.15, 0.2) is 0 Å². The van der Waals surface area contributed by atoms with Crippen LogP contribution in [0.2, 0.25) is 0 Å². The summed E-state index contributed by atoms with van der Waals surface area (Å²) >= 11 is 0. The molecule has 1 heterocycles. The summed E-state index contributed by atoms with van der Waals surface area (Å²) < 4.78 is 23.7. The van der Waals surface area contributed by atoms with E-state index in [1.54, 1.807) is 0 Å². The van der Waals surface area contributed by atoms with Gasteiger partial charge < -0.3 is 5.32 Å². The second-order valence-corrected chi connectivity index (χ2v) is 10.2. The SMILES string of the molecule is CC(C)(C)C1CCCC(NCC2CCCS2(=O)=O)CC1. The molecule has 20 heavy (non-hydrogen) atoms. The Bertz CT molecular complexity index is 411. The molecule has 2 aliphatic rings. The van der Waals surface area contributed by atoms with Crippen LogP contribution in [-0.4, -0.2) is 32.0 Å². The molecule has 3 atom stereocenters. The maximum Gasteiger partial charge on any atom is 0.154 e. The molecule has 118 valence electrons. The number of hydrogen-bond acceptors (Lipinski definition) is 3. The third kappa shape index (κ3) is 4.20. The number of hydrogen-bond donors (Lipinski definition) is 1. The Morgan fingerprint density at radius 1 is 1.00 bits per heavy atom. The van der Waals surface area contributed by atoms with Gasteiger partial charge in [-0.2, -0.15) is 0 Å². The summed E-state index contributed by atoms with van der Waals surface area (Å²) in [6.07, 6.45) is 7.99. The normalized spacial score (nSPS) is 34.9. The van der Waals surface area contributed by atoms with E-state index in [0.717, 1.165) is 18.8 Å². The van der Waals surface area contributed by atoms with E-state index in [4.69, 9.17) is 0 Å². The van der Waals surface area contributed by atoms with Crippen molar-refractivity contribution in [2.24, 2.45) is 11.3 Å². The van der Waals surface area contributed by atoms with Crippen LogP contribution in [0.4, 0.5) is 0 Å². The molecule has 2 fully saturated rings. The molecule has 4 heteroatoms. The fraction of sp³-hybridized carbons (Fsp3) is 1.00. The molecule has 3 nitrogen and oxygen atoms in total. The highest BCUT2D eigenvalue weighted by Gasteiger charge is 2.32. The minimum Gasteiger partial charge on any atom is -0.313 e. The predicted molar refractivity (Wildman–Crippen MR) is 84.6 cm³/mol. The Morgan fingerprint density at radius 2 is 1.75 bits per heavy atom. The highest BCUT2D eigenvalue weighted by Crippen LogP contribution is 2.36. The quantitative estimate of drug-likeness (QED) is 0.815. The van der Waals surface area contributed by atoms with E-state index >= 15 is 0 Å². The van der Waals surface area contributed by atoms with Crippen LogP contribution in [0.3, 0.4) is 0 Å². The first-order valence-electron chi connectivity index (χ1n) is 8.24. The van der Waals surface area contributed by atoms with Gasteiger partial charge in [-0.1, -0.05) is 27.2 Å². The number of sulfone groups is 1. The van der Waals surface area contributed by atoms with Gasteiger partial charge in [-0.05, 0) is 49.9 Å². The van der Waals surface area contributed by atoms with Crippen LogP contribution in [-0.2, 0) is 9.84 Å². The summed E-state index contributed by atoms with van der Waals surface area (Å²) in [5.41, 5.74) is 0.406. The zero-order valence-electron chi connectivity index (χ0n) is 13.3. The number of rotatable bonds is 3. The van der Waals surface area contributed by atoms with Crippen molar-refractivity contribution >= 4 is 9.84 Å². The van der Waals surface area contributed by atoms with Crippen LogP contribution in [0.1, 0.15) is 65.7 Å². The molecule has 0 aromatic carbocycles. The monoisotopic (exact) mass is 301 g/mol. The van der Waals surface area contributed by atoms with Gasteiger partial charge >= 0.3 is 0 Å². The van der Waals surface area contributed by atoms with E-state index < -0.39 is 9.84 Å². The molecule has 0 spiro atoms. The average molecular weight is 301 g/mol. The Labute approximate surface area is 124 Å². The summed E-state index contributed by atoms with van der Waals surface area (Å²) in [5, 5.41) is 3.43. The van der Waals surface area contributed by atoms with Crippen LogP contribution >= 0.6 is 0 Å². The Hall–Kier alpha value is -0.0900. The van der Waals surface area contributed by atoms with Crippen molar-refractivity contribution in [3.8, 4) is 0 Å². The van der Waals surface area contributed by atoms with Gasteiger partial charge in [0.2, 0.25) is 0 Å². The molecule has 0 amide bonds. The van der Waals surface area contributed by atoms with E-state index in [0.29, 0.717) is 23.8 Å². The molecule has 1 aliphatic carbocycles. The minimum absolute atomic E-state index is 0.121. The molecule has 1 N–H and O–H groups in total. The Kier molecular flexibility index (Phi) is 5.17. The molecule has 1 saturated heterocycles. The zero-order chi connectivity index (χ0) is 14.8. The second kappa shape index (κ2) is 6.35. The fourth-order valence-electron chi connectivity index (χ4n) is 3.76. The summed E-state index contributed by atoms with van der Waals surface area (Å²) in [7, 11) is -2.79. The van der Waals surface area contributed by atoms with Crippen LogP contribution < -0.4 is 5.32 Å². The smallest absolute Gasteiger partial charge is 0.154 e. The summed E-state index contributed by atoms with van der Waals surface area (Å²) in [4.78, 5) is 0. The van der Waals surface area contributed by atoms with Crippen molar-refractivity contribution in [1.29, 1.82) is 0 Å². The molecular formula is C16H31NO2S. The highest BCUT2D eigenvalue weighted by atomic mass is 32.2. The molecule has 0 aromatic rings. The summed E-state index contributed by atoms with van der Waals surface area (Å²) in [6, 6.07) is 0.526. The third-order valence-corrected chi connectivity index (χ3v) is 7.57. The minimum atomic E-state index is -2.79. The molecular weight excluding hydrogens is 270 g/mol. The van der Waals surface area contributed by atoms with E-state index in [2.05, 4.69) is 26.1 Å². The molecule has 2 rings (SSSR count). The predicted octanol–water partition coefficient (Wildman–Crippen LogP) is 3.15. The van der Waals surface area contributed by atoms with Crippen molar-refractivity contribution in [2.75, 3.05) is 12.3 Å². The second-order valence-electron chi connectivity index (χ2n) is 7.81. The van der Waals surface area contributed by atoms with Crippen molar-refractivity contribution in [1.82, 2.24) is 5.32 Å². The molecule has 3 unspecified atom stereocenters. The lowest BCUT2D eigenvalue weighted by Gasteiger charge is -2.29. The van der Waals surface area contributed by atoms with E-state index in [1.165, 1.54) is 32.1 Å². The first-order chi connectivity index (χ1) is 9.29. The zero-order valence-corrected chi connectivity index (χ0v) is 14.1. The Morgan fingerprint density at radius 3 is 2.35 bits per heavy atom. The lowest BCUT2D eigenvalue weighted by molar-refractivity contribution is 0.213. The van der Waals surface area contributed by atoms with E-state index in [9.17, 15) is 8.42 Å². The topological polar surface area (TPSA) is 46.2 Å². The van der Waals surface area contributed by atoms with Gasteiger partial charge in [0, 0.05) is 12.6 Å². The fourth-order valence-corrected chi connectivity index (χ4v) is 5.54.